The molecule has 1 amide bonds. The molecular formula is C17H26N2O4. The molecule has 1 aromatic carbocycles. The second-order valence-electron chi connectivity index (χ2n) is 6.66. The number of methoxy groups -OCH3 is 2. The first-order valence-corrected chi connectivity index (χ1v) is 7.74. The van der Waals surface area contributed by atoms with Crippen molar-refractivity contribution in [2.75, 3.05) is 20.8 Å². The summed E-state index contributed by atoms with van der Waals surface area (Å²) in [4.78, 5) is 14.1. The van der Waals surface area contributed by atoms with Gasteiger partial charge >= 0.3 is 6.09 Å². The molecular weight excluding hydrogens is 296 g/mol. The summed E-state index contributed by atoms with van der Waals surface area (Å²) in [6, 6.07) is 3.46. The lowest BCUT2D eigenvalue weighted by molar-refractivity contribution is 0.0234. The van der Waals surface area contributed by atoms with Gasteiger partial charge < -0.3 is 24.8 Å². The number of ether oxygens (including phenoxy) is 3. The summed E-state index contributed by atoms with van der Waals surface area (Å²) in [5.74, 6) is 1.42. The van der Waals surface area contributed by atoms with E-state index in [9.17, 15) is 4.79 Å². The van der Waals surface area contributed by atoms with E-state index in [0.717, 1.165) is 16.9 Å². The number of carbonyl (C=O) groups excluding carboxylic acids is 1. The standard InChI is InChI=1S/C17H26N2O4/c1-17(2,3)23-16(20)19-9-8-12(18)15-11(10-19)13(21-4)6-7-14(15)22-5/h6-7,12H,8-10,18H2,1-5H3/t12-/m1/s1. The lowest BCUT2D eigenvalue weighted by Gasteiger charge is -2.27. The first-order chi connectivity index (χ1) is 10.8. The minimum absolute atomic E-state index is 0.220. The zero-order valence-corrected chi connectivity index (χ0v) is 14.5. The molecule has 0 saturated carbocycles. The lowest BCUT2D eigenvalue weighted by atomic mass is 9.98. The number of hydrogen-bond donors (Lipinski definition) is 1. The zero-order chi connectivity index (χ0) is 17.2. The van der Waals surface area contributed by atoms with Gasteiger partial charge in [0.2, 0.25) is 0 Å². The molecule has 128 valence electrons. The monoisotopic (exact) mass is 322 g/mol. The Labute approximate surface area is 137 Å². The van der Waals surface area contributed by atoms with E-state index in [1.807, 2.05) is 32.9 Å². The van der Waals surface area contributed by atoms with Crippen molar-refractivity contribution in [3.63, 3.8) is 0 Å². The van der Waals surface area contributed by atoms with E-state index in [1.54, 1.807) is 19.1 Å². The van der Waals surface area contributed by atoms with Gasteiger partial charge in [-0.3, -0.25) is 0 Å². The number of nitrogens with zero attached hydrogens (tertiary/aromatic N) is 1. The molecule has 0 spiro atoms. The Morgan fingerprint density at radius 2 is 1.83 bits per heavy atom. The third kappa shape index (κ3) is 3.88. The molecule has 23 heavy (non-hydrogen) atoms. The molecule has 6 heteroatoms. The fraction of sp³-hybridized carbons (Fsp3) is 0.588. The fourth-order valence-corrected chi connectivity index (χ4v) is 2.75. The molecule has 2 rings (SSSR count). The van der Waals surface area contributed by atoms with Crippen LogP contribution in [-0.4, -0.2) is 37.4 Å². The van der Waals surface area contributed by atoms with E-state index in [1.165, 1.54) is 0 Å². The van der Waals surface area contributed by atoms with Crippen LogP contribution in [0.25, 0.3) is 0 Å². The highest BCUT2D eigenvalue weighted by Crippen LogP contribution is 2.38. The van der Waals surface area contributed by atoms with Crippen molar-refractivity contribution in [3.05, 3.63) is 23.3 Å². The van der Waals surface area contributed by atoms with Gasteiger partial charge in [-0.2, -0.15) is 0 Å². The van der Waals surface area contributed by atoms with Crippen LogP contribution in [0.5, 0.6) is 11.5 Å². The Bertz CT molecular complexity index is 581. The number of carbonyl (C=O) groups is 1. The molecule has 1 heterocycles. The first kappa shape index (κ1) is 17.4. The van der Waals surface area contributed by atoms with Gasteiger partial charge in [-0.05, 0) is 39.3 Å². The van der Waals surface area contributed by atoms with Crippen LogP contribution in [0.1, 0.15) is 44.4 Å². The van der Waals surface area contributed by atoms with Crippen LogP contribution >= 0.6 is 0 Å². The highest BCUT2D eigenvalue weighted by atomic mass is 16.6. The molecule has 2 N–H and O–H groups in total. The van der Waals surface area contributed by atoms with Crippen molar-refractivity contribution in [2.24, 2.45) is 5.73 Å². The van der Waals surface area contributed by atoms with Crippen molar-refractivity contribution < 1.29 is 19.0 Å². The highest BCUT2D eigenvalue weighted by molar-refractivity contribution is 5.69. The average Bonchev–Trinajstić information content (AvgIpc) is 2.64. The van der Waals surface area contributed by atoms with Crippen molar-refractivity contribution >= 4 is 6.09 Å². The Kier molecular flexibility index (Phi) is 5.04. The summed E-state index contributed by atoms with van der Waals surface area (Å²) in [5.41, 5.74) is 7.57. The van der Waals surface area contributed by atoms with Crippen molar-refractivity contribution in [1.29, 1.82) is 0 Å². The Morgan fingerprint density at radius 1 is 1.22 bits per heavy atom. The summed E-state index contributed by atoms with van der Waals surface area (Å²) in [7, 11) is 3.22. The minimum Gasteiger partial charge on any atom is -0.496 e. The normalized spacial score (nSPS) is 18.0. The number of nitrogens with two attached hydrogens (primary N) is 1. The van der Waals surface area contributed by atoms with Gasteiger partial charge in [0.1, 0.15) is 17.1 Å². The van der Waals surface area contributed by atoms with Gasteiger partial charge in [0.05, 0.1) is 20.8 Å². The molecule has 0 unspecified atom stereocenters. The van der Waals surface area contributed by atoms with Crippen LogP contribution in [0.15, 0.2) is 12.1 Å². The lowest BCUT2D eigenvalue weighted by Crippen LogP contribution is -2.36. The van der Waals surface area contributed by atoms with E-state index in [-0.39, 0.29) is 12.1 Å². The molecule has 1 aromatic rings. The molecule has 0 saturated heterocycles. The van der Waals surface area contributed by atoms with Crippen LogP contribution in [0.4, 0.5) is 4.79 Å². The summed E-state index contributed by atoms with van der Waals surface area (Å²) in [6.07, 6.45) is 0.290. The molecule has 0 bridgehead atoms. The van der Waals surface area contributed by atoms with Gasteiger partial charge in [-0.1, -0.05) is 0 Å². The minimum atomic E-state index is -0.535. The largest absolute Gasteiger partial charge is 0.496 e. The van der Waals surface area contributed by atoms with Crippen LogP contribution in [0.3, 0.4) is 0 Å². The van der Waals surface area contributed by atoms with Gasteiger partial charge in [0.15, 0.2) is 0 Å². The first-order valence-electron chi connectivity index (χ1n) is 7.74. The van der Waals surface area contributed by atoms with Gasteiger partial charge in [-0.25, -0.2) is 4.79 Å². The Morgan fingerprint density at radius 3 is 2.39 bits per heavy atom. The summed E-state index contributed by atoms with van der Waals surface area (Å²) < 4.78 is 16.4. The van der Waals surface area contributed by atoms with E-state index in [2.05, 4.69) is 0 Å². The maximum atomic E-state index is 12.4. The van der Waals surface area contributed by atoms with Crippen LogP contribution in [0, 0.1) is 0 Å². The molecule has 1 atom stereocenters. The van der Waals surface area contributed by atoms with Crippen molar-refractivity contribution in [1.82, 2.24) is 4.90 Å². The number of fused-ring (bicyclic) bond motifs is 1. The van der Waals surface area contributed by atoms with E-state index in [4.69, 9.17) is 19.9 Å². The van der Waals surface area contributed by atoms with Gasteiger partial charge in [0.25, 0.3) is 0 Å². The van der Waals surface area contributed by atoms with Crippen LogP contribution in [-0.2, 0) is 11.3 Å². The third-order valence-electron chi connectivity index (χ3n) is 3.80. The summed E-state index contributed by atoms with van der Waals surface area (Å²) in [5, 5.41) is 0. The number of benzene rings is 1. The number of rotatable bonds is 2. The molecule has 6 nitrogen and oxygen atoms in total. The smallest absolute Gasteiger partial charge is 0.410 e. The maximum absolute atomic E-state index is 12.4. The summed E-state index contributed by atoms with van der Waals surface area (Å²) >= 11 is 0. The predicted octanol–water partition coefficient (Wildman–Crippen LogP) is 2.84. The number of amides is 1. The van der Waals surface area contributed by atoms with Crippen LogP contribution < -0.4 is 15.2 Å². The fourth-order valence-electron chi connectivity index (χ4n) is 2.75. The third-order valence-corrected chi connectivity index (χ3v) is 3.80. The Balaban J connectivity index is 2.39. The van der Waals surface area contributed by atoms with E-state index >= 15 is 0 Å². The zero-order valence-electron chi connectivity index (χ0n) is 14.5. The Hall–Kier alpha value is -1.95. The van der Waals surface area contributed by atoms with Crippen LogP contribution in [0.2, 0.25) is 0 Å². The second-order valence-corrected chi connectivity index (χ2v) is 6.66. The quantitative estimate of drug-likeness (QED) is 0.906. The van der Waals surface area contributed by atoms with E-state index < -0.39 is 5.60 Å². The topological polar surface area (TPSA) is 74.0 Å². The summed E-state index contributed by atoms with van der Waals surface area (Å²) in [6.45, 7) is 6.47. The molecule has 0 radical (unpaired) electrons. The number of hydrogen-bond acceptors (Lipinski definition) is 5. The molecule has 1 aliphatic heterocycles. The van der Waals surface area contributed by atoms with Gasteiger partial charge in [0, 0.05) is 23.7 Å². The molecule has 0 fully saturated rings. The van der Waals surface area contributed by atoms with Crippen molar-refractivity contribution in [3.8, 4) is 11.5 Å². The molecule has 0 aromatic heterocycles. The van der Waals surface area contributed by atoms with Crippen molar-refractivity contribution in [2.45, 2.75) is 45.4 Å². The molecule has 0 aliphatic carbocycles. The second kappa shape index (κ2) is 6.66. The maximum Gasteiger partial charge on any atom is 0.410 e. The average molecular weight is 322 g/mol. The van der Waals surface area contributed by atoms with E-state index in [0.29, 0.717) is 25.3 Å². The molecule has 1 aliphatic rings. The van der Waals surface area contributed by atoms with Gasteiger partial charge in [-0.15, -0.1) is 0 Å². The highest BCUT2D eigenvalue weighted by Gasteiger charge is 2.30. The predicted molar refractivity (Wildman–Crippen MR) is 87.7 cm³/mol. The SMILES string of the molecule is COc1ccc(OC)c2c1CN(C(=O)OC(C)(C)C)CC[C@H]2N.